The highest BCUT2D eigenvalue weighted by molar-refractivity contribution is 9.10. The summed E-state index contributed by atoms with van der Waals surface area (Å²) in [5.41, 5.74) is 2.67. The SMILES string of the molecule is Brc1ccoc1C1NCc2ccccc21. The highest BCUT2D eigenvalue weighted by atomic mass is 79.9. The highest BCUT2D eigenvalue weighted by Crippen LogP contribution is 2.34. The minimum Gasteiger partial charge on any atom is -0.466 e. The van der Waals surface area contributed by atoms with E-state index in [2.05, 4.69) is 45.5 Å². The molecule has 2 nitrogen and oxygen atoms in total. The van der Waals surface area contributed by atoms with Gasteiger partial charge in [0.25, 0.3) is 0 Å². The predicted octanol–water partition coefficient (Wildman–Crippen LogP) is 3.23. The van der Waals surface area contributed by atoms with Crippen LogP contribution in [0.25, 0.3) is 0 Å². The average molecular weight is 264 g/mol. The number of hydrogen-bond donors (Lipinski definition) is 1. The van der Waals surface area contributed by atoms with Gasteiger partial charge in [0.15, 0.2) is 0 Å². The average Bonchev–Trinajstić information content (AvgIpc) is 2.83. The van der Waals surface area contributed by atoms with E-state index in [-0.39, 0.29) is 6.04 Å². The van der Waals surface area contributed by atoms with Crippen LogP contribution in [0.2, 0.25) is 0 Å². The zero-order valence-electron chi connectivity index (χ0n) is 8.03. The largest absolute Gasteiger partial charge is 0.466 e. The Morgan fingerprint density at radius 3 is 2.93 bits per heavy atom. The molecule has 0 saturated carbocycles. The van der Waals surface area contributed by atoms with E-state index < -0.39 is 0 Å². The second-order valence-electron chi connectivity index (χ2n) is 3.65. The maximum Gasteiger partial charge on any atom is 0.139 e. The minimum absolute atomic E-state index is 0.186. The molecule has 1 aliphatic heterocycles. The topological polar surface area (TPSA) is 25.2 Å². The van der Waals surface area contributed by atoms with E-state index in [1.807, 2.05) is 6.07 Å². The molecule has 0 fully saturated rings. The first-order chi connectivity index (χ1) is 7.36. The summed E-state index contributed by atoms with van der Waals surface area (Å²) in [6.45, 7) is 0.911. The van der Waals surface area contributed by atoms with Crippen LogP contribution in [-0.2, 0) is 6.54 Å². The molecule has 1 unspecified atom stereocenters. The first kappa shape index (κ1) is 9.19. The van der Waals surface area contributed by atoms with Gasteiger partial charge in [-0.3, -0.25) is 5.32 Å². The molecule has 0 bridgehead atoms. The molecule has 0 spiro atoms. The van der Waals surface area contributed by atoms with Crippen molar-refractivity contribution in [3.8, 4) is 0 Å². The Morgan fingerprint density at radius 1 is 1.27 bits per heavy atom. The molecule has 0 saturated heterocycles. The van der Waals surface area contributed by atoms with Gasteiger partial charge in [0.05, 0.1) is 16.8 Å². The second kappa shape index (κ2) is 3.51. The maximum atomic E-state index is 5.50. The van der Waals surface area contributed by atoms with Gasteiger partial charge in [-0.05, 0) is 33.1 Å². The van der Waals surface area contributed by atoms with Crippen molar-refractivity contribution >= 4 is 15.9 Å². The second-order valence-corrected chi connectivity index (χ2v) is 4.50. The lowest BCUT2D eigenvalue weighted by molar-refractivity contribution is 0.460. The van der Waals surface area contributed by atoms with Crippen molar-refractivity contribution in [2.24, 2.45) is 0 Å². The van der Waals surface area contributed by atoms with E-state index in [1.165, 1.54) is 11.1 Å². The van der Waals surface area contributed by atoms with Crippen molar-refractivity contribution in [3.05, 3.63) is 58.0 Å². The van der Waals surface area contributed by atoms with Crippen molar-refractivity contribution in [2.45, 2.75) is 12.6 Å². The van der Waals surface area contributed by atoms with Crippen LogP contribution >= 0.6 is 15.9 Å². The highest BCUT2D eigenvalue weighted by Gasteiger charge is 2.26. The fourth-order valence-corrected chi connectivity index (χ4v) is 2.47. The molecule has 1 aromatic carbocycles. The molecule has 2 aromatic rings. The molecular formula is C12H10BrNO. The Labute approximate surface area is 96.4 Å². The smallest absolute Gasteiger partial charge is 0.139 e. The first-order valence-electron chi connectivity index (χ1n) is 4.90. The molecule has 1 aliphatic rings. The van der Waals surface area contributed by atoms with Crippen molar-refractivity contribution in [2.75, 3.05) is 0 Å². The summed E-state index contributed by atoms with van der Waals surface area (Å²) in [5, 5.41) is 3.44. The molecule has 3 rings (SSSR count). The number of nitrogens with one attached hydrogen (secondary N) is 1. The zero-order chi connectivity index (χ0) is 10.3. The quantitative estimate of drug-likeness (QED) is 0.855. The van der Waals surface area contributed by atoms with Gasteiger partial charge in [-0.25, -0.2) is 0 Å². The van der Waals surface area contributed by atoms with Gasteiger partial charge >= 0.3 is 0 Å². The lowest BCUT2D eigenvalue weighted by Gasteiger charge is -2.09. The van der Waals surface area contributed by atoms with Crippen molar-refractivity contribution in [1.29, 1.82) is 0 Å². The molecule has 0 radical (unpaired) electrons. The summed E-state index contributed by atoms with van der Waals surface area (Å²) in [5.74, 6) is 0.958. The van der Waals surface area contributed by atoms with E-state index in [0.717, 1.165) is 16.8 Å². The van der Waals surface area contributed by atoms with Gasteiger partial charge in [0.1, 0.15) is 5.76 Å². The van der Waals surface area contributed by atoms with E-state index >= 15 is 0 Å². The maximum absolute atomic E-state index is 5.50. The van der Waals surface area contributed by atoms with Gasteiger partial charge < -0.3 is 4.42 Å². The summed E-state index contributed by atoms with van der Waals surface area (Å²) < 4.78 is 6.52. The summed E-state index contributed by atoms with van der Waals surface area (Å²) in [4.78, 5) is 0. The molecule has 0 amide bonds. The van der Waals surface area contributed by atoms with Crippen LogP contribution in [0, 0.1) is 0 Å². The minimum atomic E-state index is 0.186. The normalized spacial score (nSPS) is 19.1. The van der Waals surface area contributed by atoms with Crippen LogP contribution in [-0.4, -0.2) is 0 Å². The van der Waals surface area contributed by atoms with Crippen LogP contribution in [0.15, 0.2) is 45.5 Å². The Balaban J connectivity index is 2.08. The van der Waals surface area contributed by atoms with Gasteiger partial charge in [-0.2, -0.15) is 0 Å². The Kier molecular flexibility index (Phi) is 2.15. The molecular weight excluding hydrogens is 254 g/mol. The van der Waals surface area contributed by atoms with Crippen molar-refractivity contribution in [3.63, 3.8) is 0 Å². The first-order valence-corrected chi connectivity index (χ1v) is 5.69. The van der Waals surface area contributed by atoms with Gasteiger partial charge in [0, 0.05) is 6.54 Å². The third-order valence-electron chi connectivity index (χ3n) is 2.77. The molecule has 15 heavy (non-hydrogen) atoms. The number of furan rings is 1. The van der Waals surface area contributed by atoms with E-state index in [1.54, 1.807) is 6.26 Å². The summed E-state index contributed by atoms with van der Waals surface area (Å²) >= 11 is 3.49. The van der Waals surface area contributed by atoms with Crippen LogP contribution in [0.3, 0.4) is 0 Å². The summed E-state index contributed by atoms with van der Waals surface area (Å²) in [6.07, 6.45) is 1.71. The summed E-state index contributed by atoms with van der Waals surface area (Å²) in [7, 11) is 0. The van der Waals surface area contributed by atoms with Crippen LogP contribution < -0.4 is 5.32 Å². The fourth-order valence-electron chi connectivity index (χ4n) is 2.04. The number of rotatable bonds is 1. The number of halogens is 1. The lowest BCUT2D eigenvalue weighted by Crippen LogP contribution is -2.12. The Hall–Kier alpha value is -1.06. The molecule has 1 aromatic heterocycles. The predicted molar refractivity (Wildman–Crippen MR) is 61.5 cm³/mol. The van der Waals surface area contributed by atoms with Crippen LogP contribution in [0.4, 0.5) is 0 Å². The van der Waals surface area contributed by atoms with Gasteiger partial charge in [-0.1, -0.05) is 24.3 Å². The van der Waals surface area contributed by atoms with Crippen LogP contribution in [0.1, 0.15) is 22.9 Å². The Bertz CT molecular complexity index is 492. The molecule has 3 heteroatoms. The fraction of sp³-hybridized carbons (Fsp3) is 0.167. The van der Waals surface area contributed by atoms with E-state index in [4.69, 9.17) is 4.42 Å². The van der Waals surface area contributed by atoms with Crippen LogP contribution in [0.5, 0.6) is 0 Å². The van der Waals surface area contributed by atoms with Crippen molar-refractivity contribution < 1.29 is 4.42 Å². The van der Waals surface area contributed by atoms with E-state index in [0.29, 0.717) is 0 Å². The molecule has 0 aliphatic carbocycles. The van der Waals surface area contributed by atoms with Crippen molar-refractivity contribution in [1.82, 2.24) is 5.32 Å². The lowest BCUT2D eigenvalue weighted by atomic mass is 10.0. The van der Waals surface area contributed by atoms with Gasteiger partial charge in [0.2, 0.25) is 0 Å². The van der Waals surface area contributed by atoms with Gasteiger partial charge in [-0.15, -0.1) is 0 Å². The number of benzene rings is 1. The third kappa shape index (κ3) is 1.43. The van der Waals surface area contributed by atoms with E-state index in [9.17, 15) is 0 Å². The third-order valence-corrected chi connectivity index (χ3v) is 3.42. The monoisotopic (exact) mass is 263 g/mol. The molecule has 2 heterocycles. The Morgan fingerprint density at radius 2 is 2.13 bits per heavy atom. The molecule has 1 N–H and O–H groups in total. The number of fused-ring (bicyclic) bond motifs is 1. The molecule has 1 atom stereocenters. The standard InChI is InChI=1S/C12H10BrNO/c13-10-5-6-15-12(10)11-9-4-2-1-3-8(9)7-14-11/h1-6,11,14H,7H2. The number of hydrogen-bond acceptors (Lipinski definition) is 2. The molecule has 76 valence electrons. The zero-order valence-corrected chi connectivity index (χ0v) is 9.62. The summed E-state index contributed by atoms with van der Waals surface area (Å²) in [6, 6.07) is 10.5.